The third kappa shape index (κ3) is 3.60. The number of hydrogen-bond acceptors (Lipinski definition) is 3. The van der Waals surface area contributed by atoms with E-state index in [0.29, 0.717) is 6.04 Å². The number of nitrogens with one attached hydrogen (secondary N) is 2. The molecule has 0 aliphatic rings. The molecule has 2 unspecified atom stereocenters. The van der Waals surface area contributed by atoms with Crippen molar-refractivity contribution in [1.82, 2.24) is 10.3 Å². The van der Waals surface area contributed by atoms with Crippen molar-refractivity contribution in [3.63, 3.8) is 0 Å². The predicted octanol–water partition coefficient (Wildman–Crippen LogP) is 3.10. The fraction of sp³-hybridized carbons (Fsp3) is 0.538. The highest BCUT2D eigenvalue weighted by atomic mass is 35.5. The summed E-state index contributed by atoms with van der Waals surface area (Å²) in [4.78, 5) is 6.61. The molecule has 0 bridgehead atoms. The number of aromatic nitrogens is 1. The zero-order chi connectivity index (χ0) is 13.7. The maximum atomic E-state index is 7.34. The van der Waals surface area contributed by atoms with Gasteiger partial charge in [-0.05, 0) is 50.4 Å². The van der Waals surface area contributed by atoms with Crippen molar-refractivity contribution in [3.8, 4) is 0 Å². The van der Waals surface area contributed by atoms with Gasteiger partial charge in [-0.15, -0.1) is 0 Å². The van der Waals surface area contributed by atoms with Crippen LogP contribution in [0.4, 0.5) is 5.82 Å². The zero-order valence-corrected chi connectivity index (χ0v) is 12.1. The Balaban J connectivity index is 3.05. The van der Waals surface area contributed by atoms with Crippen LogP contribution in [0.2, 0.25) is 0 Å². The fourth-order valence-corrected chi connectivity index (χ4v) is 2.13. The Bertz CT molecular complexity index is 408. The quantitative estimate of drug-likeness (QED) is 0.373. The minimum atomic E-state index is -0.0708. The van der Waals surface area contributed by atoms with Gasteiger partial charge >= 0.3 is 0 Å². The summed E-state index contributed by atoms with van der Waals surface area (Å²) in [7, 11) is 0. The molecule has 18 heavy (non-hydrogen) atoms. The van der Waals surface area contributed by atoms with Crippen molar-refractivity contribution >= 4 is 22.7 Å². The van der Waals surface area contributed by atoms with Gasteiger partial charge in [0.2, 0.25) is 0 Å². The van der Waals surface area contributed by atoms with Crippen LogP contribution in [-0.4, -0.2) is 22.5 Å². The Morgan fingerprint density at radius 1 is 1.56 bits per heavy atom. The number of pyridine rings is 1. The highest BCUT2D eigenvalue weighted by molar-refractivity contribution is 6.63. The molecule has 1 heterocycles. The average molecular weight is 269 g/mol. The van der Waals surface area contributed by atoms with Gasteiger partial charge in [0, 0.05) is 12.2 Å². The molecule has 4 nitrogen and oxygen atoms in total. The number of anilines is 1. The van der Waals surface area contributed by atoms with Crippen LogP contribution in [0.1, 0.15) is 32.8 Å². The van der Waals surface area contributed by atoms with Crippen molar-refractivity contribution in [2.24, 2.45) is 0 Å². The van der Waals surface area contributed by atoms with E-state index in [-0.39, 0.29) is 11.5 Å². The van der Waals surface area contributed by atoms with Crippen LogP contribution < -0.4 is 10.2 Å². The van der Waals surface area contributed by atoms with Gasteiger partial charge in [-0.25, -0.2) is 4.98 Å². The fourth-order valence-electron chi connectivity index (χ4n) is 1.97. The van der Waals surface area contributed by atoms with E-state index in [1.807, 2.05) is 26.0 Å². The highest BCUT2D eigenvalue weighted by Crippen LogP contribution is 2.21. The number of amidine groups is 1. The molecule has 0 spiro atoms. The molecule has 0 fully saturated rings. The molecule has 0 aliphatic heterocycles. The summed E-state index contributed by atoms with van der Waals surface area (Å²) >= 11 is 5.62. The van der Waals surface area contributed by atoms with Crippen LogP contribution in [0.15, 0.2) is 18.3 Å². The third-order valence-electron chi connectivity index (χ3n) is 3.04. The molecule has 1 aromatic rings. The first kappa shape index (κ1) is 14.8. The molecule has 2 N–H and O–H groups in total. The van der Waals surface area contributed by atoms with Gasteiger partial charge in [0.1, 0.15) is 5.82 Å². The lowest BCUT2D eigenvalue weighted by Gasteiger charge is -2.36. The van der Waals surface area contributed by atoms with Gasteiger partial charge < -0.3 is 10.2 Å². The number of nitrogens with zero attached hydrogens (tertiary/aromatic N) is 2. The number of hydrogen-bond donors (Lipinski definition) is 2. The van der Waals surface area contributed by atoms with E-state index >= 15 is 0 Å². The van der Waals surface area contributed by atoms with E-state index in [1.54, 1.807) is 6.20 Å². The molecule has 0 amide bonds. The Morgan fingerprint density at radius 2 is 2.22 bits per heavy atom. The van der Waals surface area contributed by atoms with Gasteiger partial charge in [-0.1, -0.05) is 13.0 Å². The lowest BCUT2D eigenvalue weighted by atomic mass is 10.1. The van der Waals surface area contributed by atoms with Gasteiger partial charge in [-0.2, -0.15) is 0 Å². The van der Waals surface area contributed by atoms with Gasteiger partial charge in [-0.3, -0.25) is 5.41 Å². The first-order chi connectivity index (χ1) is 8.47. The Hall–Kier alpha value is -1.29. The maximum absolute atomic E-state index is 7.34. The lowest BCUT2D eigenvalue weighted by molar-refractivity contribution is 0.512. The smallest absolute Gasteiger partial charge is 0.189 e. The Morgan fingerprint density at radius 3 is 2.72 bits per heavy atom. The Kier molecular flexibility index (Phi) is 5.41. The average Bonchev–Trinajstić information content (AvgIpc) is 2.30. The van der Waals surface area contributed by atoms with Gasteiger partial charge in [0.15, 0.2) is 5.29 Å². The van der Waals surface area contributed by atoms with E-state index in [9.17, 15) is 0 Å². The second kappa shape index (κ2) is 6.59. The Labute approximate surface area is 114 Å². The van der Waals surface area contributed by atoms with E-state index in [2.05, 4.69) is 29.0 Å². The van der Waals surface area contributed by atoms with Crippen LogP contribution in [-0.2, 0) is 0 Å². The van der Waals surface area contributed by atoms with E-state index in [1.165, 1.54) is 0 Å². The molecule has 0 saturated carbocycles. The summed E-state index contributed by atoms with van der Waals surface area (Å²) in [5.74, 6) is 0.935. The minimum absolute atomic E-state index is 0.0515. The van der Waals surface area contributed by atoms with Crippen molar-refractivity contribution in [3.05, 3.63) is 23.9 Å². The summed E-state index contributed by atoms with van der Waals surface area (Å²) in [6, 6.07) is 4.28. The predicted molar refractivity (Wildman–Crippen MR) is 77.4 cm³/mol. The normalized spacial score (nSPS) is 13.8. The summed E-state index contributed by atoms with van der Waals surface area (Å²) in [6.45, 7) is 8.30. The number of halogens is 1. The maximum Gasteiger partial charge on any atom is 0.189 e. The van der Waals surface area contributed by atoms with Crippen molar-refractivity contribution < 1.29 is 0 Å². The molecule has 0 radical (unpaired) electrons. The molecule has 5 heteroatoms. The van der Waals surface area contributed by atoms with E-state index in [0.717, 1.165) is 17.8 Å². The van der Waals surface area contributed by atoms with Crippen molar-refractivity contribution in [2.75, 3.05) is 4.90 Å². The van der Waals surface area contributed by atoms with Crippen LogP contribution in [0, 0.1) is 12.3 Å². The topological polar surface area (TPSA) is 52.0 Å². The monoisotopic (exact) mass is 268 g/mol. The van der Waals surface area contributed by atoms with Crippen molar-refractivity contribution in [2.45, 2.75) is 46.3 Å². The third-order valence-corrected chi connectivity index (χ3v) is 3.15. The van der Waals surface area contributed by atoms with Gasteiger partial charge in [0.05, 0.1) is 6.17 Å². The van der Waals surface area contributed by atoms with Crippen LogP contribution >= 0.6 is 11.6 Å². The van der Waals surface area contributed by atoms with Crippen LogP contribution in [0.5, 0.6) is 0 Å². The molecule has 0 aromatic carbocycles. The standard InChI is InChI=1S/C13H21ClN4/c1-5-10(3)18(11(4)17-13(14)15)12-9(2)7-6-8-16-12/h6-8,10-11H,5H2,1-4H3,(H2,15,17). The molecule has 0 saturated heterocycles. The first-order valence-electron chi connectivity index (χ1n) is 6.17. The molecule has 1 aromatic heterocycles. The second-order valence-electron chi connectivity index (χ2n) is 4.44. The summed E-state index contributed by atoms with van der Waals surface area (Å²) in [5, 5.41) is 10.2. The highest BCUT2D eigenvalue weighted by Gasteiger charge is 2.22. The summed E-state index contributed by atoms with van der Waals surface area (Å²) < 4.78 is 0. The molecule has 1 rings (SSSR count). The molecule has 100 valence electrons. The number of aryl methyl sites for hydroxylation is 1. The molecular weight excluding hydrogens is 248 g/mol. The lowest BCUT2D eigenvalue weighted by Crippen LogP contribution is -2.49. The van der Waals surface area contributed by atoms with E-state index < -0.39 is 0 Å². The SMILES string of the molecule is CCC(C)N(c1ncccc1C)C(C)NC(=N)Cl. The molecule has 2 atom stereocenters. The summed E-state index contributed by atoms with van der Waals surface area (Å²) in [6.07, 6.45) is 2.72. The van der Waals surface area contributed by atoms with Crippen LogP contribution in [0.3, 0.4) is 0 Å². The van der Waals surface area contributed by atoms with Gasteiger partial charge in [0.25, 0.3) is 0 Å². The second-order valence-corrected chi connectivity index (χ2v) is 4.82. The first-order valence-corrected chi connectivity index (χ1v) is 6.55. The molecular formula is C13H21ClN4. The van der Waals surface area contributed by atoms with E-state index in [4.69, 9.17) is 17.0 Å². The minimum Gasteiger partial charge on any atom is -0.341 e. The largest absolute Gasteiger partial charge is 0.341 e. The summed E-state index contributed by atoms with van der Waals surface area (Å²) in [5.41, 5.74) is 1.12. The number of rotatable bonds is 5. The molecule has 0 aliphatic carbocycles. The zero-order valence-electron chi connectivity index (χ0n) is 11.4. The van der Waals surface area contributed by atoms with Crippen molar-refractivity contribution in [1.29, 1.82) is 5.41 Å². The van der Waals surface area contributed by atoms with Crippen LogP contribution in [0.25, 0.3) is 0 Å².